The topological polar surface area (TPSA) is 54.8 Å². The van der Waals surface area contributed by atoms with Gasteiger partial charge < -0.3 is 9.64 Å². The molecule has 1 unspecified atom stereocenters. The molecule has 5 nitrogen and oxygen atoms in total. The highest BCUT2D eigenvalue weighted by molar-refractivity contribution is 5.98. The molecule has 0 aliphatic heterocycles. The number of ether oxygens (including phenoxy) is 1. The van der Waals surface area contributed by atoms with Crippen LogP contribution in [0.1, 0.15) is 58.2 Å². The van der Waals surface area contributed by atoms with Gasteiger partial charge in [-0.05, 0) is 69.5 Å². The summed E-state index contributed by atoms with van der Waals surface area (Å²) in [6.07, 6.45) is 9.65. The smallest absolute Gasteiger partial charge is 0.261 e. The van der Waals surface area contributed by atoms with Crippen molar-refractivity contribution in [1.82, 2.24) is 9.88 Å². The molecular weight excluding hydrogens is 386 g/mol. The highest BCUT2D eigenvalue weighted by Gasteiger charge is 2.19. The molecule has 0 aliphatic carbocycles. The van der Waals surface area contributed by atoms with Gasteiger partial charge in [0.05, 0.1) is 18.3 Å². The molecule has 31 heavy (non-hydrogen) atoms. The number of hydrogen-bond acceptors (Lipinski definition) is 4. The molecule has 1 heterocycles. The summed E-state index contributed by atoms with van der Waals surface area (Å²) in [5.41, 5.74) is 3.17. The Hall–Kier alpha value is -2.95. The zero-order valence-corrected chi connectivity index (χ0v) is 19.4. The molecule has 1 aromatic carbocycles. The summed E-state index contributed by atoms with van der Waals surface area (Å²) in [4.78, 5) is 23.8. The maximum Gasteiger partial charge on any atom is 0.261 e. The van der Waals surface area contributed by atoms with Gasteiger partial charge >= 0.3 is 0 Å². The van der Waals surface area contributed by atoms with E-state index in [1.165, 1.54) is 5.56 Å². The number of amides is 1. The summed E-state index contributed by atoms with van der Waals surface area (Å²) < 4.78 is 5.77. The lowest BCUT2D eigenvalue weighted by atomic mass is 10.1. The van der Waals surface area contributed by atoms with Gasteiger partial charge in [-0.25, -0.2) is 0 Å². The molecule has 0 bridgehead atoms. The molecule has 1 amide bonds. The minimum absolute atomic E-state index is 0.00653. The van der Waals surface area contributed by atoms with E-state index in [0.717, 1.165) is 24.1 Å². The molecule has 0 saturated heterocycles. The molecule has 0 fully saturated rings. The molecule has 1 aromatic heterocycles. The number of aliphatic imine (C=N–C) groups is 1. The van der Waals surface area contributed by atoms with Gasteiger partial charge in [0.15, 0.2) is 6.61 Å². The number of aryl methyl sites for hydroxylation is 1. The molecule has 1 atom stereocenters. The van der Waals surface area contributed by atoms with Crippen molar-refractivity contribution < 1.29 is 9.53 Å². The van der Waals surface area contributed by atoms with E-state index in [2.05, 4.69) is 24.0 Å². The van der Waals surface area contributed by atoms with Gasteiger partial charge in [0, 0.05) is 18.4 Å². The first-order chi connectivity index (χ1) is 14.9. The second-order valence-electron chi connectivity index (χ2n) is 7.88. The van der Waals surface area contributed by atoms with Crippen LogP contribution in [-0.2, 0) is 11.2 Å². The summed E-state index contributed by atoms with van der Waals surface area (Å²) in [5, 5.41) is 0. The second kappa shape index (κ2) is 12.7. The largest absolute Gasteiger partial charge is 0.484 e. The third kappa shape index (κ3) is 8.00. The minimum Gasteiger partial charge on any atom is -0.484 e. The predicted molar refractivity (Wildman–Crippen MR) is 128 cm³/mol. The highest BCUT2D eigenvalue weighted by atomic mass is 16.5. The molecule has 166 valence electrons. The Bertz CT molecular complexity index is 858. The van der Waals surface area contributed by atoms with Crippen molar-refractivity contribution in [2.45, 2.75) is 59.5 Å². The van der Waals surface area contributed by atoms with Gasteiger partial charge in [-0.15, -0.1) is 0 Å². The van der Waals surface area contributed by atoms with E-state index < -0.39 is 0 Å². The zero-order valence-electron chi connectivity index (χ0n) is 19.4. The summed E-state index contributed by atoms with van der Waals surface area (Å²) in [7, 11) is 0. The second-order valence-corrected chi connectivity index (χ2v) is 7.88. The number of rotatable bonds is 11. The van der Waals surface area contributed by atoms with Crippen LogP contribution in [0.3, 0.4) is 0 Å². The van der Waals surface area contributed by atoms with Gasteiger partial charge in [-0.3, -0.25) is 14.8 Å². The summed E-state index contributed by atoms with van der Waals surface area (Å²) in [5.74, 6) is 0.656. The lowest BCUT2D eigenvalue weighted by Crippen LogP contribution is -2.43. The van der Waals surface area contributed by atoms with Crippen molar-refractivity contribution in [3.05, 3.63) is 72.1 Å². The number of nitrogens with zero attached hydrogens (tertiary/aromatic N) is 3. The normalized spacial score (nSPS) is 12.9. The average Bonchev–Trinajstić information content (AvgIpc) is 2.77. The highest BCUT2D eigenvalue weighted by Crippen LogP contribution is 2.17. The van der Waals surface area contributed by atoms with E-state index in [-0.39, 0.29) is 24.6 Å². The van der Waals surface area contributed by atoms with Crippen LogP contribution in [0.4, 0.5) is 0 Å². The monoisotopic (exact) mass is 421 g/mol. The standard InChI is InChI=1S/C26H35N3O2/c1-6-9-22-12-14-25(15-13-22)31-19-26(30)29(20(3)4)18-24(10-7-2)28-21(5)23-11-8-16-27-17-23/h7-8,10-17,20-21H,6,9,18-19H2,1-5H3/b10-7-,28-24?. The van der Waals surface area contributed by atoms with Crippen LogP contribution in [-0.4, -0.2) is 40.7 Å². The van der Waals surface area contributed by atoms with E-state index in [1.54, 1.807) is 11.1 Å². The minimum atomic E-state index is -0.0566. The van der Waals surface area contributed by atoms with Crippen molar-refractivity contribution >= 4 is 11.6 Å². The first kappa shape index (κ1) is 24.3. The Morgan fingerprint density at radius 1 is 1.19 bits per heavy atom. The van der Waals surface area contributed by atoms with E-state index in [4.69, 9.17) is 9.73 Å². The molecule has 0 aliphatic rings. The molecule has 0 N–H and O–H groups in total. The van der Waals surface area contributed by atoms with Crippen molar-refractivity contribution in [1.29, 1.82) is 0 Å². The van der Waals surface area contributed by atoms with Crippen molar-refractivity contribution in [3.8, 4) is 5.75 Å². The van der Waals surface area contributed by atoms with E-state index in [1.807, 2.05) is 70.3 Å². The Labute approximate surface area is 186 Å². The number of carbonyl (C=O) groups is 1. The Morgan fingerprint density at radius 3 is 2.52 bits per heavy atom. The molecular formula is C26H35N3O2. The van der Waals surface area contributed by atoms with Gasteiger partial charge in [0.2, 0.25) is 0 Å². The quantitative estimate of drug-likeness (QED) is 0.455. The van der Waals surface area contributed by atoms with Crippen LogP contribution in [0.15, 0.2) is 65.9 Å². The van der Waals surface area contributed by atoms with Crippen LogP contribution in [0.5, 0.6) is 5.75 Å². The van der Waals surface area contributed by atoms with Crippen LogP contribution in [0.25, 0.3) is 0 Å². The lowest BCUT2D eigenvalue weighted by molar-refractivity contribution is -0.134. The van der Waals surface area contributed by atoms with E-state index in [0.29, 0.717) is 12.3 Å². The molecule has 5 heteroatoms. The SMILES string of the molecule is C/C=C\C(CN(C(=O)COc1ccc(CCC)cc1)C(C)C)=NC(C)c1cccnc1. The van der Waals surface area contributed by atoms with Crippen LogP contribution < -0.4 is 4.74 Å². The first-order valence-electron chi connectivity index (χ1n) is 11.0. The van der Waals surface area contributed by atoms with Gasteiger partial charge in [-0.2, -0.15) is 0 Å². The van der Waals surface area contributed by atoms with Gasteiger partial charge in [0.25, 0.3) is 5.91 Å². The summed E-state index contributed by atoms with van der Waals surface area (Å²) >= 11 is 0. The maximum atomic E-state index is 12.9. The van der Waals surface area contributed by atoms with Gasteiger partial charge in [0.1, 0.15) is 5.75 Å². The zero-order chi connectivity index (χ0) is 22.6. The average molecular weight is 422 g/mol. The molecule has 2 aromatic rings. The Balaban J connectivity index is 2.06. The Morgan fingerprint density at radius 2 is 1.94 bits per heavy atom. The molecule has 0 radical (unpaired) electrons. The van der Waals surface area contributed by atoms with Crippen molar-refractivity contribution in [3.63, 3.8) is 0 Å². The predicted octanol–water partition coefficient (Wildman–Crippen LogP) is 5.43. The fourth-order valence-corrected chi connectivity index (χ4v) is 3.28. The lowest BCUT2D eigenvalue weighted by Gasteiger charge is -2.27. The maximum absolute atomic E-state index is 12.9. The van der Waals surface area contributed by atoms with Crippen molar-refractivity contribution in [2.24, 2.45) is 4.99 Å². The number of allylic oxidation sites excluding steroid dienone is 1. The summed E-state index contributed by atoms with van der Waals surface area (Å²) in [6.45, 7) is 10.6. The number of carbonyl (C=O) groups excluding carboxylic acids is 1. The number of pyridine rings is 1. The van der Waals surface area contributed by atoms with Crippen molar-refractivity contribution in [2.75, 3.05) is 13.2 Å². The fourth-order valence-electron chi connectivity index (χ4n) is 3.28. The number of hydrogen-bond donors (Lipinski definition) is 0. The third-order valence-corrected chi connectivity index (χ3v) is 4.99. The number of aromatic nitrogens is 1. The molecule has 0 spiro atoms. The first-order valence-corrected chi connectivity index (χ1v) is 11.0. The van der Waals surface area contributed by atoms with Crippen LogP contribution in [0.2, 0.25) is 0 Å². The van der Waals surface area contributed by atoms with Crippen LogP contribution in [0, 0.1) is 0 Å². The summed E-state index contributed by atoms with van der Waals surface area (Å²) in [6, 6.07) is 11.9. The van der Waals surface area contributed by atoms with E-state index >= 15 is 0 Å². The van der Waals surface area contributed by atoms with E-state index in [9.17, 15) is 4.79 Å². The third-order valence-electron chi connectivity index (χ3n) is 4.99. The Kier molecular flexibility index (Phi) is 9.95. The number of benzene rings is 1. The van der Waals surface area contributed by atoms with Crippen LogP contribution >= 0.6 is 0 Å². The fraction of sp³-hybridized carbons (Fsp3) is 0.423. The van der Waals surface area contributed by atoms with Gasteiger partial charge in [-0.1, -0.05) is 37.6 Å². The molecule has 2 rings (SSSR count). The molecule has 0 saturated carbocycles.